The van der Waals surface area contributed by atoms with Gasteiger partial charge in [0.15, 0.2) is 0 Å². The summed E-state index contributed by atoms with van der Waals surface area (Å²) >= 11 is 0. The fourth-order valence-electron chi connectivity index (χ4n) is 4.12. The van der Waals surface area contributed by atoms with E-state index in [9.17, 15) is 18.0 Å². The molecule has 0 radical (unpaired) electrons. The molecule has 0 aromatic heterocycles. The normalized spacial score (nSPS) is 12.0. The average Bonchev–Trinajstić information content (AvgIpc) is 2.87. The lowest BCUT2D eigenvalue weighted by molar-refractivity contribution is -0.140. The molecular weight excluding hydrogens is 474 g/mol. The van der Waals surface area contributed by atoms with Crippen LogP contribution in [0.5, 0.6) is 0 Å². The smallest absolute Gasteiger partial charge is 0.264 e. The van der Waals surface area contributed by atoms with Crippen molar-refractivity contribution in [3.8, 4) is 0 Å². The Morgan fingerprint density at radius 1 is 0.889 bits per heavy atom. The predicted octanol–water partition coefficient (Wildman–Crippen LogP) is 4.05. The maximum Gasteiger partial charge on any atom is 0.264 e. The van der Waals surface area contributed by atoms with E-state index in [1.165, 1.54) is 24.1 Å². The van der Waals surface area contributed by atoms with E-state index in [-0.39, 0.29) is 17.3 Å². The second-order valence-corrected chi connectivity index (χ2v) is 10.6. The van der Waals surface area contributed by atoms with E-state index in [4.69, 9.17) is 0 Å². The minimum Gasteiger partial charge on any atom is -0.357 e. The zero-order valence-corrected chi connectivity index (χ0v) is 22.0. The fraction of sp³-hybridized carbons (Fsp3) is 0.286. The van der Waals surface area contributed by atoms with Crippen molar-refractivity contribution in [3.05, 3.63) is 95.6 Å². The van der Waals surface area contributed by atoms with E-state index in [2.05, 4.69) is 5.32 Å². The third-order valence-electron chi connectivity index (χ3n) is 5.97. The van der Waals surface area contributed by atoms with Gasteiger partial charge in [-0.25, -0.2) is 8.42 Å². The molecule has 0 saturated heterocycles. The number of carbonyl (C=O) groups excluding carboxylic acids is 2. The van der Waals surface area contributed by atoms with Gasteiger partial charge in [-0.3, -0.25) is 13.9 Å². The van der Waals surface area contributed by atoms with Crippen molar-refractivity contribution in [2.24, 2.45) is 0 Å². The molecule has 0 aliphatic carbocycles. The standard InChI is InChI=1S/C28H33N3O4S/c1-5-26(28(33)29-4)30(19-23-13-9-11-21(2)17-23)27(32)20-31(24-14-10-12-22(3)18-24)36(34,35)25-15-7-6-8-16-25/h6-18,26H,5,19-20H2,1-4H3,(H,29,33)/t26-/m0/s1. The van der Waals surface area contributed by atoms with Crippen LogP contribution in [0.1, 0.15) is 30.0 Å². The molecule has 3 aromatic rings. The van der Waals surface area contributed by atoms with Gasteiger partial charge in [-0.15, -0.1) is 0 Å². The van der Waals surface area contributed by atoms with Crippen molar-refractivity contribution >= 4 is 27.5 Å². The molecular formula is C28H33N3O4S. The van der Waals surface area contributed by atoms with Crippen LogP contribution in [0, 0.1) is 13.8 Å². The Kier molecular flexibility index (Phi) is 8.88. The number of sulfonamides is 1. The Labute approximate surface area is 213 Å². The highest BCUT2D eigenvalue weighted by molar-refractivity contribution is 7.92. The minimum atomic E-state index is -4.05. The number of amides is 2. The maximum atomic E-state index is 13.8. The zero-order valence-electron chi connectivity index (χ0n) is 21.1. The van der Waals surface area contributed by atoms with Crippen LogP contribution >= 0.6 is 0 Å². The number of aryl methyl sites for hydroxylation is 2. The number of nitrogens with one attached hydrogen (secondary N) is 1. The maximum absolute atomic E-state index is 13.8. The van der Waals surface area contributed by atoms with Gasteiger partial charge in [0.05, 0.1) is 10.6 Å². The SMILES string of the molecule is CC[C@@H](C(=O)NC)N(Cc1cccc(C)c1)C(=O)CN(c1cccc(C)c1)S(=O)(=O)c1ccccc1. The second-order valence-electron chi connectivity index (χ2n) is 8.71. The Morgan fingerprint density at radius 2 is 1.53 bits per heavy atom. The summed E-state index contributed by atoms with van der Waals surface area (Å²) in [5.41, 5.74) is 3.14. The summed E-state index contributed by atoms with van der Waals surface area (Å²) < 4.78 is 28.5. The first-order valence-electron chi connectivity index (χ1n) is 11.9. The Balaban J connectivity index is 2.05. The number of likely N-dealkylation sites (N-methyl/N-ethyl adjacent to an activating group) is 1. The van der Waals surface area contributed by atoms with Gasteiger partial charge in [0.2, 0.25) is 11.8 Å². The minimum absolute atomic E-state index is 0.0860. The third-order valence-corrected chi connectivity index (χ3v) is 7.76. The molecule has 0 saturated carbocycles. The van der Waals surface area contributed by atoms with Gasteiger partial charge in [-0.05, 0) is 55.7 Å². The first kappa shape index (κ1) is 26.9. The van der Waals surface area contributed by atoms with E-state index < -0.39 is 28.5 Å². The first-order chi connectivity index (χ1) is 17.2. The van der Waals surface area contributed by atoms with E-state index in [0.29, 0.717) is 12.1 Å². The van der Waals surface area contributed by atoms with Crippen LogP contribution in [0.2, 0.25) is 0 Å². The van der Waals surface area contributed by atoms with Crippen LogP contribution in [0.15, 0.2) is 83.8 Å². The monoisotopic (exact) mass is 507 g/mol. The molecule has 3 aromatic carbocycles. The van der Waals surface area contributed by atoms with Crippen molar-refractivity contribution < 1.29 is 18.0 Å². The summed E-state index contributed by atoms with van der Waals surface area (Å²) in [5.74, 6) is -0.764. The van der Waals surface area contributed by atoms with Gasteiger partial charge in [-0.2, -0.15) is 0 Å². The van der Waals surface area contributed by atoms with Gasteiger partial charge in [0.1, 0.15) is 12.6 Å². The molecule has 0 unspecified atom stereocenters. The highest BCUT2D eigenvalue weighted by atomic mass is 32.2. The third kappa shape index (κ3) is 6.31. The molecule has 3 rings (SSSR count). The molecule has 36 heavy (non-hydrogen) atoms. The van der Waals surface area contributed by atoms with Gasteiger partial charge < -0.3 is 10.2 Å². The van der Waals surface area contributed by atoms with E-state index >= 15 is 0 Å². The largest absolute Gasteiger partial charge is 0.357 e. The predicted molar refractivity (Wildman–Crippen MR) is 142 cm³/mol. The number of carbonyl (C=O) groups is 2. The molecule has 0 aliphatic heterocycles. The van der Waals surface area contributed by atoms with Crippen molar-refractivity contribution in [2.75, 3.05) is 17.9 Å². The molecule has 1 atom stereocenters. The van der Waals surface area contributed by atoms with Gasteiger partial charge in [0, 0.05) is 13.6 Å². The number of benzene rings is 3. The van der Waals surface area contributed by atoms with E-state index in [1.54, 1.807) is 36.4 Å². The van der Waals surface area contributed by atoms with Crippen molar-refractivity contribution in [2.45, 2.75) is 44.7 Å². The quantitative estimate of drug-likeness (QED) is 0.449. The Morgan fingerprint density at radius 3 is 2.11 bits per heavy atom. The lowest BCUT2D eigenvalue weighted by Crippen LogP contribution is -2.51. The average molecular weight is 508 g/mol. The number of nitrogens with zero attached hydrogens (tertiary/aromatic N) is 2. The molecule has 0 bridgehead atoms. The summed E-state index contributed by atoms with van der Waals surface area (Å²) in [5, 5.41) is 2.63. The van der Waals surface area contributed by atoms with Crippen LogP contribution in [0.25, 0.3) is 0 Å². The molecule has 0 heterocycles. The number of hydrogen-bond acceptors (Lipinski definition) is 4. The van der Waals surface area contributed by atoms with Gasteiger partial charge >= 0.3 is 0 Å². The zero-order chi connectivity index (χ0) is 26.3. The van der Waals surface area contributed by atoms with Crippen LogP contribution in [-0.4, -0.2) is 44.8 Å². The fourth-order valence-corrected chi connectivity index (χ4v) is 5.55. The van der Waals surface area contributed by atoms with Gasteiger partial charge in [-0.1, -0.05) is 67.1 Å². The summed E-state index contributed by atoms with van der Waals surface area (Å²) in [6, 6.07) is 22.0. The molecule has 8 heteroatoms. The lowest BCUT2D eigenvalue weighted by Gasteiger charge is -2.33. The topological polar surface area (TPSA) is 86.8 Å². The van der Waals surface area contributed by atoms with E-state index in [1.807, 2.05) is 51.1 Å². The summed E-state index contributed by atoms with van der Waals surface area (Å²) in [6.45, 7) is 5.38. The molecule has 0 aliphatic rings. The van der Waals surface area contributed by atoms with Crippen LogP contribution in [0.3, 0.4) is 0 Å². The molecule has 0 fully saturated rings. The van der Waals surface area contributed by atoms with Crippen LogP contribution in [-0.2, 0) is 26.2 Å². The number of hydrogen-bond donors (Lipinski definition) is 1. The lowest BCUT2D eigenvalue weighted by atomic mass is 10.1. The molecule has 190 valence electrons. The second kappa shape index (κ2) is 11.9. The number of anilines is 1. The van der Waals surface area contributed by atoms with Crippen LogP contribution < -0.4 is 9.62 Å². The van der Waals surface area contributed by atoms with Crippen molar-refractivity contribution in [1.82, 2.24) is 10.2 Å². The van der Waals surface area contributed by atoms with E-state index in [0.717, 1.165) is 21.0 Å². The molecule has 2 amide bonds. The summed E-state index contributed by atoms with van der Waals surface area (Å²) in [6.07, 6.45) is 0.382. The summed E-state index contributed by atoms with van der Waals surface area (Å²) in [4.78, 5) is 28.1. The van der Waals surface area contributed by atoms with Gasteiger partial charge in [0.25, 0.3) is 10.0 Å². The molecule has 1 N–H and O–H groups in total. The van der Waals surface area contributed by atoms with Crippen molar-refractivity contribution in [1.29, 1.82) is 0 Å². The molecule has 7 nitrogen and oxygen atoms in total. The molecule has 0 spiro atoms. The highest BCUT2D eigenvalue weighted by Crippen LogP contribution is 2.25. The highest BCUT2D eigenvalue weighted by Gasteiger charge is 2.33. The first-order valence-corrected chi connectivity index (χ1v) is 13.3. The van der Waals surface area contributed by atoms with Crippen LogP contribution in [0.4, 0.5) is 5.69 Å². The Bertz CT molecular complexity index is 1310. The van der Waals surface area contributed by atoms with Crippen molar-refractivity contribution in [3.63, 3.8) is 0 Å². The summed E-state index contributed by atoms with van der Waals surface area (Å²) in [7, 11) is -2.52. The Hall–Kier alpha value is -3.65. The number of rotatable bonds is 10.